The number of rotatable bonds is 1. The van der Waals surface area contributed by atoms with Gasteiger partial charge < -0.3 is 15.4 Å². The second-order valence-corrected chi connectivity index (χ2v) is 11.6. The Labute approximate surface area is 235 Å². The molecule has 0 unspecified atom stereocenters. The SMILES string of the molecule is C=C1N[C@@H](C(C)C)C(=O)N[C@@H](C)C(=O)N2CCC[C@H](N2)C(=O)O[C@H](C)c2cnc3cnc(cc3c2)/C=C/C1(C)C. The Morgan fingerprint density at radius 1 is 1.10 bits per heavy atom. The van der Waals surface area contributed by atoms with Gasteiger partial charge in [-0.05, 0) is 50.8 Å². The summed E-state index contributed by atoms with van der Waals surface area (Å²) in [6.07, 6.45) is 7.91. The van der Waals surface area contributed by atoms with Gasteiger partial charge in [0.05, 0.1) is 17.4 Å². The molecule has 0 radical (unpaired) electrons. The molecule has 2 aromatic heterocycles. The number of hydrogen-bond acceptors (Lipinski definition) is 8. The first-order chi connectivity index (χ1) is 18.9. The van der Waals surface area contributed by atoms with Crippen molar-refractivity contribution in [2.24, 2.45) is 11.3 Å². The molecule has 0 aliphatic carbocycles. The van der Waals surface area contributed by atoms with Crippen LogP contribution in [0.25, 0.3) is 17.0 Å². The molecule has 0 saturated carbocycles. The quantitative estimate of drug-likeness (QED) is 0.463. The second kappa shape index (κ2) is 11.8. The van der Waals surface area contributed by atoms with Crippen LogP contribution in [0.2, 0.25) is 0 Å². The van der Waals surface area contributed by atoms with Crippen molar-refractivity contribution < 1.29 is 19.1 Å². The van der Waals surface area contributed by atoms with Gasteiger partial charge in [0, 0.05) is 34.8 Å². The molecule has 1 saturated heterocycles. The van der Waals surface area contributed by atoms with Crippen LogP contribution in [0.4, 0.5) is 0 Å². The highest BCUT2D eigenvalue weighted by atomic mass is 16.5. The highest BCUT2D eigenvalue weighted by Crippen LogP contribution is 2.28. The summed E-state index contributed by atoms with van der Waals surface area (Å²) in [5.41, 5.74) is 5.38. The molecule has 0 spiro atoms. The number of cyclic esters (lactones) is 1. The summed E-state index contributed by atoms with van der Waals surface area (Å²) in [5, 5.41) is 8.42. The standard InChI is InChI=1S/C30H40N6O4/c1-17(2)26-27(37)33-18(3)28(38)36-12-8-9-24(35-36)29(39)40-19(4)22-13-21-14-23(31-16-25(21)32-15-22)10-11-30(6,7)20(5)34-26/h10-11,13-19,24,26,34-35H,5,8-9,12H2,1-4,6-7H3,(H,33,37)/b11-10+/t18-,19+,24-,26-/m0/s1. The van der Waals surface area contributed by atoms with E-state index >= 15 is 0 Å². The predicted molar refractivity (Wildman–Crippen MR) is 153 cm³/mol. The molecular weight excluding hydrogens is 508 g/mol. The molecule has 5 bridgehead atoms. The first-order valence-corrected chi connectivity index (χ1v) is 13.8. The zero-order chi connectivity index (χ0) is 29.2. The number of allylic oxidation sites excluding steroid dienone is 1. The van der Waals surface area contributed by atoms with Crippen LogP contribution < -0.4 is 16.1 Å². The Hall–Kier alpha value is -3.79. The van der Waals surface area contributed by atoms with Gasteiger partial charge in [0.15, 0.2) is 0 Å². The monoisotopic (exact) mass is 548 g/mol. The van der Waals surface area contributed by atoms with E-state index in [-0.39, 0.29) is 17.7 Å². The summed E-state index contributed by atoms with van der Waals surface area (Å²) in [6, 6.07) is 1.79. The first-order valence-electron chi connectivity index (χ1n) is 13.8. The van der Waals surface area contributed by atoms with Crippen molar-refractivity contribution >= 4 is 34.8 Å². The molecule has 3 N–H and O–H groups in total. The molecule has 2 aromatic rings. The molecule has 4 rings (SSSR count). The number of hydrogen-bond donors (Lipinski definition) is 3. The van der Waals surface area contributed by atoms with Gasteiger partial charge in [0.1, 0.15) is 24.2 Å². The fraction of sp³-hybridized carbons (Fsp3) is 0.500. The summed E-state index contributed by atoms with van der Waals surface area (Å²) in [5.74, 6) is -1.14. The average Bonchev–Trinajstić information content (AvgIpc) is 2.92. The third kappa shape index (κ3) is 6.50. The van der Waals surface area contributed by atoms with Crippen molar-refractivity contribution in [3.63, 3.8) is 0 Å². The van der Waals surface area contributed by atoms with Crippen LogP contribution in [0.1, 0.15) is 71.7 Å². The highest BCUT2D eigenvalue weighted by Gasteiger charge is 2.34. The summed E-state index contributed by atoms with van der Waals surface area (Å²) in [7, 11) is 0. The zero-order valence-electron chi connectivity index (χ0n) is 24.2. The average molecular weight is 549 g/mol. The summed E-state index contributed by atoms with van der Waals surface area (Å²) in [6.45, 7) is 16.0. The molecule has 10 nitrogen and oxygen atoms in total. The van der Waals surface area contributed by atoms with E-state index in [1.807, 2.05) is 52.0 Å². The zero-order valence-corrected chi connectivity index (χ0v) is 24.2. The smallest absolute Gasteiger partial charge is 0.325 e. The number of ether oxygens (including phenoxy) is 1. The van der Waals surface area contributed by atoms with Gasteiger partial charge in [0.25, 0.3) is 5.91 Å². The number of carbonyl (C=O) groups is 3. The molecular formula is C30H40N6O4. The van der Waals surface area contributed by atoms with E-state index < -0.39 is 35.6 Å². The molecule has 4 atom stereocenters. The van der Waals surface area contributed by atoms with Gasteiger partial charge in [-0.2, -0.15) is 0 Å². The lowest BCUT2D eigenvalue weighted by atomic mass is 9.87. The van der Waals surface area contributed by atoms with Crippen LogP contribution in [-0.2, 0) is 19.1 Å². The van der Waals surface area contributed by atoms with Gasteiger partial charge in [-0.1, -0.05) is 40.3 Å². The summed E-state index contributed by atoms with van der Waals surface area (Å²) < 4.78 is 5.78. The van der Waals surface area contributed by atoms with E-state index in [4.69, 9.17) is 4.74 Å². The van der Waals surface area contributed by atoms with E-state index in [1.54, 1.807) is 26.2 Å². The Bertz CT molecular complexity index is 1340. The van der Waals surface area contributed by atoms with Gasteiger partial charge >= 0.3 is 5.97 Å². The van der Waals surface area contributed by atoms with Crippen molar-refractivity contribution in [1.82, 2.24) is 31.0 Å². The predicted octanol–water partition coefficient (Wildman–Crippen LogP) is 3.42. The molecule has 1 fully saturated rings. The maximum atomic E-state index is 13.3. The van der Waals surface area contributed by atoms with Crippen molar-refractivity contribution in [3.05, 3.63) is 54.1 Å². The Morgan fingerprint density at radius 3 is 2.58 bits per heavy atom. The summed E-state index contributed by atoms with van der Waals surface area (Å²) >= 11 is 0. The maximum absolute atomic E-state index is 13.3. The molecule has 214 valence electrons. The third-order valence-corrected chi connectivity index (χ3v) is 7.57. The van der Waals surface area contributed by atoms with E-state index in [9.17, 15) is 14.4 Å². The molecule has 0 aromatic carbocycles. The van der Waals surface area contributed by atoms with Gasteiger partial charge in [-0.15, -0.1) is 0 Å². The van der Waals surface area contributed by atoms with Crippen LogP contribution in [0.5, 0.6) is 0 Å². The number of pyridine rings is 2. The molecule has 40 heavy (non-hydrogen) atoms. The fourth-order valence-corrected chi connectivity index (χ4v) is 4.72. The molecule has 2 aliphatic heterocycles. The Kier molecular flexibility index (Phi) is 8.58. The van der Waals surface area contributed by atoms with Crippen LogP contribution >= 0.6 is 0 Å². The minimum absolute atomic E-state index is 0.0708. The highest BCUT2D eigenvalue weighted by molar-refractivity contribution is 5.90. The number of nitrogens with one attached hydrogen (secondary N) is 3. The number of aromatic nitrogens is 2. The van der Waals surface area contributed by atoms with Crippen molar-refractivity contribution in [3.8, 4) is 0 Å². The van der Waals surface area contributed by atoms with E-state index in [0.29, 0.717) is 25.1 Å². The molecule has 4 heterocycles. The number of esters is 1. The topological polar surface area (TPSA) is 126 Å². The molecule has 2 amide bonds. The van der Waals surface area contributed by atoms with Gasteiger partial charge in [-0.3, -0.25) is 29.4 Å². The van der Waals surface area contributed by atoms with Crippen molar-refractivity contribution in [2.45, 2.75) is 78.6 Å². The second-order valence-electron chi connectivity index (χ2n) is 11.6. The maximum Gasteiger partial charge on any atom is 0.325 e. The lowest BCUT2D eigenvalue weighted by Crippen LogP contribution is -2.60. The Morgan fingerprint density at radius 2 is 1.85 bits per heavy atom. The number of hydrazine groups is 1. The van der Waals surface area contributed by atoms with Crippen LogP contribution in [0.3, 0.4) is 0 Å². The lowest BCUT2D eigenvalue weighted by molar-refractivity contribution is -0.157. The lowest BCUT2D eigenvalue weighted by Gasteiger charge is -2.35. The largest absolute Gasteiger partial charge is 0.457 e. The fourth-order valence-electron chi connectivity index (χ4n) is 4.72. The minimum atomic E-state index is -0.804. The van der Waals surface area contributed by atoms with Crippen LogP contribution in [0.15, 0.2) is 42.9 Å². The number of nitrogens with zero attached hydrogens (tertiary/aromatic N) is 3. The van der Waals surface area contributed by atoms with Crippen molar-refractivity contribution in [2.75, 3.05) is 6.54 Å². The van der Waals surface area contributed by atoms with Crippen LogP contribution in [0, 0.1) is 11.3 Å². The van der Waals surface area contributed by atoms with E-state index in [0.717, 1.165) is 22.2 Å². The molecule has 2 aliphatic rings. The minimum Gasteiger partial charge on any atom is -0.457 e. The van der Waals surface area contributed by atoms with Gasteiger partial charge in [0.2, 0.25) is 5.91 Å². The number of amides is 2. The Balaban J connectivity index is 1.70. The van der Waals surface area contributed by atoms with Crippen LogP contribution in [-0.4, -0.2) is 57.4 Å². The van der Waals surface area contributed by atoms with Gasteiger partial charge in [-0.25, -0.2) is 5.43 Å². The van der Waals surface area contributed by atoms with Crippen molar-refractivity contribution in [1.29, 1.82) is 0 Å². The first kappa shape index (κ1) is 29.2. The van der Waals surface area contributed by atoms with E-state index in [1.165, 1.54) is 5.01 Å². The van der Waals surface area contributed by atoms with E-state index in [2.05, 4.69) is 32.6 Å². The number of fused-ring (bicyclic) bond motifs is 4. The number of carbonyl (C=O) groups excluding carboxylic acids is 3. The third-order valence-electron chi connectivity index (χ3n) is 7.57. The molecule has 10 heteroatoms. The normalized spacial score (nSPS) is 27.2. The summed E-state index contributed by atoms with van der Waals surface area (Å²) in [4.78, 5) is 48.6.